The van der Waals surface area contributed by atoms with Crippen molar-refractivity contribution in [2.24, 2.45) is 10.9 Å². The number of amides is 1. The zero-order valence-corrected chi connectivity index (χ0v) is 17.0. The summed E-state index contributed by atoms with van der Waals surface area (Å²) < 4.78 is 4.80. The Morgan fingerprint density at radius 3 is 2.25 bits per heavy atom. The highest BCUT2D eigenvalue weighted by atomic mass is 127. The minimum Gasteiger partial charge on any atom is -0.469 e. The molecule has 24 heavy (non-hydrogen) atoms. The number of halogens is 1. The predicted molar refractivity (Wildman–Crippen MR) is 104 cm³/mol. The molecule has 0 bridgehead atoms. The van der Waals surface area contributed by atoms with Gasteiger partial charge in [-0.1, -0.05) is 0 Å². The topological polar surface area (TPSA) is 74.2 Å². The number of ether oxygens (including phenoxy) is 1. The van der Waals surface area contributed by atoms with Gasteiger partial charge >= 0.3 is 5.97 Å². The molecule has 7 nitrogen and oxygen atoms in total. The second-order valence-electron chi connectivity index (χ2n) is 6.13. The average Bonchev–Trinajstić information content (AvgIpc) is 2.62. The molecule has 1 N–H and O–H groups in total. The number of nitrogens with one attached hydrogen (secondary N) is 1. The Hall–Kier alpha value is -1.06. The molecule has 0 aliphatic carbocycles. The Labute approximate surface area is 161 Å². The Kier molecular flexibility index (Phi) is 9.38. The number of likely N-dealkylation sites (tertiary alicyclic amines) is 2. The molecule has 0 aromatic heterocycles. The van der Waals surface area contributed by atoms with Gasteiger partial charge in [0.1, 0.15) is 0 Å². The standard InChI is InChI=1S/C16H28N4O3.HI/c1-17-16(18-12-14(21)19-8-4-3-5-9-19)20-10-6-13(7-11-20)15(22)23-2;/h13H,3-12H2,1-2H3,(H,17,18);1H. The fourth-order valence-corrected chi connectivity index (χ4v) is 3.24. The summed E-state index contributed by atoms with van der Waals surface area (Å²) in [5.74, 6) is 0.714. The molecule has 0 atom stereocenters. The molecule has 2 aliphatic heterocycles. The molecule has 2 heterocycles. The van der Waals surface area contributed by atoms with Crippen LogP contribution in [0.25, 0.3) is 0 Å². The molecule has 138 valence electrons. The molecule has 2 fully saturated rings. The lowest BCUT2D eigenvalue weighted by Crippen LogP contribution is -2.50. The lowest BCUT2D eigenvalue weighted by atomic mass is 9.97. The number of hydrogen-bond acceptors (Lipinski definition) is 4. The van der Waals surface area contributed by atoms with Crippen molar-refractivity contribution < 1.29 is 14.3 Å². The van der Waals surface area contributed by atoms with Crippen LogP contribution in [0, 0.1) is 5.92 Å². The minimum absolute atomic E-state index is 0. The smallest absolute Gasteiger partial charge is 0.308 e. The van der Waals surface area contributed by atoms with Crippen molar-refractivity contribution in [3.05, 3.63) is 0 Å². The number of rotatable bonds is 3. The van der Waals surface area contributed by atoms with Gasteiger partial charge in [0.05, 0.1) is 19.6 Å². The first-order valence-corrected chi connectivity index (χ1v) is 8.47. The van der Waals surface area contributed by atoms with Gasteiger partial charge in [-0.3, -0.25) is 14.6 Å². The average molecular weight is 452 g/mol. The fourth-order valence-electron chi connectivity index (χ4n) is 3.24. The van der Waals surface area contributed by atoms with Crippen molar-refractivity contribution in [3.63, 3.8) is 0 Å². The maximum absolute atomic E-state index is 12.2. The third kappa shape index (κ3) is 5.78. The van der Waals surface area contributed by atoms with Crippen molar-refractivity contribution in [3.8, 4) is 0 Å². The number of hydrogen-bond donors (Lipinski definition) is 1. The van der Waals surface area contributed by atoms with E-state index >= 15 is 0 Å². The van der Waals surface area contributed by atoms with Crippen LogP contribution in [0.2, 0.25) is 0 Å². The van der Waals surface area contributed by atoms with E-state index in [4.69, 9.17) is 4.74 Å². The van der Waals surface area contributed by atoms with Crippen LogP contribution in [0.3, 0.4) is 0 Å². The van der Waals surface area contributed by atoms with Crippen LogP contribution in [0.4, 0.5) is 0 Å². The number of piperidine rings is 2. The quantitative estimate of drug-likeness (QED) is 0.300. The van der Waals surface area contributed by atoms with Gasteiger partial charge < -0.3 is 19.9 Å². The van der Waals surface area contributed by atoms with Gasteiger partial charge in [0.2, 0.25) is 5.91 Å². The first-order valence-electron chi connectivity index (χ1n) is 8.47. The number of guanidine groups is 1. The maximum atomic E-state index is 12.2. The lowest BCUT2D eigenvalue weighted by Gasteiger charge is -2.33. The van der Waals surface area contributed by atoms with Crippen LogP contribution >= 0.6 is 24.0 Å². The fraction of sp³-hybridized carbons (Fsp3) is 0.812. The first-order chi connectivity index (χ1) is 11.2. The molecule has 0 aromatic carbocycles. The zero-order chi connectivity index (χ0) is 16.7. The monoisotopic (exact) mass is 452 g/mol. The minimum atomic E-state index is -0.132. The zero-order valence-electron chi connectivity index (χ0n) is 14.6. The summed E-state index contributed by atoms with van der Waals surface area (Å²) in [6.45, 7) is 3.51. The summed E-state index contributed by atoms with van der Waals surface area (Å²) >= 11 is 0. The molecule has 2 saturated heterocycles. The summed E-state index contributed by atoms with van der Waals surface area (Å²) in [6, 6.07) is 0. The molecule has 8 heteroatoms. The largest absolute Gasteiger partial charge is 0.469 e. The molecule has 1 amide bonds. The van der Waals surface area contributed by atoms with E-state index in [0.29, 0.717) is 0 Å². The van der Waals surface area contributed by atoms with E-state index in [2.05, 4.69) is 15.2 Å². The van der Waals surface area contributed by atoms with Gasteiger partial charge in [-0.2, -0.15) is 0 Å². The van der Waals surface area contributed by atoms with Gasteiger partial charge in [-0.25, -0.2) is 0 Å². The summed E-state index contributed by atoms with van der Waals surface area (Å²) in [5, 5.41) is 3.16. The lowest BCUT2D eigenvalue weighted by molar-refractivity contribution is -0.146. The summed E-state index contributed by atoms with van der Waals surface area (Å²) in [5.41, 5.74) is 0. The van der Waals surface area contributed by atoms with E-state index in [0.717, 1.165) is 57.8 Å². The van der Waals surface area contributed by atoms with Crippen LogP contribution in [-0.2, 0) is 14.3 Å². The van der Waals surface area contributed by atoms with E-state index in [-0.39, 0.29) is 48.3 Å². The molecular formula is C16H29IN4O3. The van der Waals surface area contributed by atoms with Crippen molar-refractivity contribution in [1.29, 1.82) is 0 Å². The number of methoxy groups -OCH3 is 1. The number of carbonyl (C=O) groups is 2. The Balaban J connectivity index is 0.00000288. The van der Waals surface area contributed by atoms with E-state index < -0.39 is 0 Å². The van der Waals surface area contributed by atoms with Gasteiger partial charge in [0, 0.05) is 33.2 Å². The molecule has 0 spiro atoms. The highest BCUT2D eigenvalue weighted by Gasteiger charge is 2.27. The normalized spacial score (nSPS) is 19.5. The van der Waals surface area contributed by atoms with Crippen LogP contribution < -0.4 is 5.32 Å². The second kappa shape index (κ2) is 10.7. The molecule has 0 aromatic rings. The van der Waals surface area contributed by atoms with Crippen LogP contribution in [-0.4, -0.2) is 74.5 Å². The molecule has 2 aliphatic rings. The SMILES string of the molecule is CN=C(NCC(=O)N1CCCCC1)N1CCC(C(=O)OC)CC1.I. The Bertz CT molecular complexity index is 445. The third-order valence-electron chi connectivity index (χ3n) is 4.65. The Morgan fingerprint density at radius 1 is 1.08 bits per heavy atom. The van der Waals surface area contributed by atoms with Gasteiger partial charge in [-0.05, 0) is 32.1 Å². The third-order valence-corrected chi connectivity index (χ3v) is 4.65. The van der Waals surface area contributed by atoms with Gasteiger partial charge in [0.25, 0.3) is 0 Å². The first kappa shape index (κ1) is 21.0. The van der Waals surface area contributed by atoms with Crippen molar-refractivity contribution in [2.75, 3.05) is 46.9 Å². The van der Waals surface area contributed by atoms with Crippen molar-refractivity contribution in [1.82, 2.24) is 15.1 Å². The molecular weight excluding hydrogens is 423 g/mol. The molecule has 0 saturated carbocycles. The second-order valence-corrected chi connectivity index (χ2v) is 6.13. The van der Waals surface area contributed by atoms with E-state index in [1.165, 1.54) is 13.5 Å². The van der Waals surface area contributed by atoms with Gasteiger partial charge in [-0.15, -0.1) is 24.0 Å². The highest BCUT2D eigenvalue weighted by Crippen LogP contribution is 2.18. The summed E-state index contributed by atoms with van der Waals surface area (Å²) in [6.07, 6.45) is 4.93. The van der Waals surface area contributed by atoms with E-state index in [1.54, 1.807) is 7.05 Å². The number of nitrogens with zero attached hydrogens (tertiary/aromatic N) is 3. The summed E-state index contributed by atoms with van der Waals surface area (Å²) in [4.78, 5) is 32.1. The van der Waals surface area contributed by atoms with Crippen molar-refractivity contribution >= 4 is 41.8 Å². The van der Waals surface area contributed by atoms with E-state index in [9.17, 15) is 9.59 Å². The predicted octanol–water partition coefficient (Wildman–Crippen LogP) is 1.08. The van der Waals surface area contributed by atoms with Crippen molar-refractivity contribution in [2.45, 2.75) is 32.1 Å². The van der Waals surface area contributed by atoms with Crippen LogP contribution in [0.5, 0.6) is 0 Å². The van der Waals surface area contributed by atoms with Crippen LogP contribution in [0.15, 0.2) is 4.99 Å². The van der Waals surface area contributed by atoms with E-state index in [1.807, 2.05) is 4.90 Å². The number of aliphatic imine (C=N–C) groups is 1. The highest BCUT2D eigenvalue weighted by molar-refractivity contribution is 14.0. The molecule has 0 radical (unpaired) electrons. The Morgan fingerprint density at radius 2 is 1.71 bits per heavy atom. The van der Waals surface area contributed by atoms with Gasteiger partial charge in [0.15, 0.2) is 5.96 Å². The molecule has 2 rings (SSSR count). The number of carbonyl (C=O) groups excluding carboxylic acids is 2. The summed E-state index contributed by atoms with van der Waals surface area (Å²) in [7, 11) is 3.15. The maximum Gasteiger partial charge on any atom is 0.308 e. The number of esters is 1. The molecule has 0 unspecified atom stereocenters. The van der Waals surface area contributed by atoms with Crippen LogP contribution in [0.1, 0.15) is 32.1 Å².